The third kappa shape index (κ3) is 3.42. The van der Waals surface area contributed by atoms with Gasteiger partial charge in [0, 0.05) is 0 Å². The van der Waals surface area contributed by atoms with Crippen LogP contribution in [0.15, 0.2) is 0 Å². The van der Waals surface area contributed by atoms with Gasteiger partial charge in [-0.15, -0.1) is 0 Å². The zero-order valence-corrected chi connectivity index (χ0v) is 3.57. The summed E-state index contributed by atoms with van der Waals surface area (Å²) in [5.74, 6) is 0. The van der Waals surface area contributed by atoms with Crippen LogP contribution in [-0.4, -0.2) is 14.8 Å². The first-order valence-electron chi connectivity index (χ1n) is 1.04. The minimum Gasteiger partial charge on any atom is -0.263 e. The molecule has 0 spiro atoms. The van der Waals surface area contributed by atoms with Gasteiger partial charge >= 0.3 is 6.41 Å². The topological polar surface area (TPSA) is 63.2 Å². The van der Waals surface area contributed by atoms with Crippen LogP contribution in [0.2, 0.25) is 0 Å². The molecule has 0 heterocycles. The van der Waals surface area contributed by atoms with Crippen LogP contribution in [0, 0.1) is 0 Å². The second kappa shape index (κ2) is 2.65. The summed E-state index contributed by atoms with van der Waals surface area (Å²) in [5, 5.41) is 0. The molecular formula is CH2NO3S. The Kier molecular flexibility index (Phi) is 2.39. The van der Waals surface area contributed by atoms with Crippen molar-refractivity contribution in [3.8, 4) is 0 Å². The first kappa shape index (κ1) is 5.42. The van der Waals surface area contributed by atoms with Crippen molar-refractivity contribution in [3.63, 3.8) is 0 Å². The van der Waals surface area contributed by atoms with Crippen LogP contribution in [0.1, 0.15) is 0 Å². The standard InChI is InChI=1S/CH2NO3S/c3-1-2-6(4)5/h6H,(H,2,3,4,5). The van der Waals surface area contributed by atoms with Crippen LogP contribution in [0.3, 0.4) is 0 Å². The first-order valence-corrected chi connectivity index (χ1v) is 2.22. The van der Waals surface area contributed by atoms with Gasteiger partial charge in [0.05, 0.1) is 0 Å². The molecule has 35 valence electrons. The maximum absolute atomic E-state index is 9.26. The fourth-order valence-electron chi connectivity index (χ4n) is 0.0373. The molecule has 0 aromatic carbocycles. The highest BCUT2D eigenvalue weighted by atomic mass is 32.2. The summed E-state index contributed by atoms with van der Waals surface area (Å²) in [6.07, 6.45) is 0.971. The summed E-state index contributed by atoms with van der Waals surface area (Å²) in [6, 6.07) is 0. The summed E-state index contributed by atoms with van der Waals surface area (Å²) in [7, 11) is -2.77. The highest BCUT2D eigenvalue weighted by Crippen LogP contribution is 1.36. The molecule has 0 aliphatic heterocycles. The van der Waals surface area contributed by atoms with E-state index < -0.39 is 10.9 Å². The van der Waals surface area contributed by atoms with E-state index >= 15 is 0 Å². The summed E-state index contributed by atoms with van der Waals surface area (Å²) in [4.78, 5) is 9.00. The van der Waals surface area contributed by atoms with Crippen LogP contribution in [0.25, 0.3) is 0 Å². The number of hydrogen-bond acceptors (Lipinski definition) is 3. The molecule has 5 heteroatoms. The van der Waals surface area contributed by atoms with E-state index in [9.17, 15) is 8.42 Å². The Labute approximate surface area is 36.2 Å². The van der Waals surface area contributed by atoms with Crippen LogP contribution < -0.4 is 4.72 Å². The molecule has 0 aliphatic carbocycles. The second-order valence-electron chi connectivity index (χ2n) is 0.471. The van der Waals surface area contributed by atoms with E-state index in [0.717, 1.165) is 6.41 Å². The normalized spacial score (nSPS) is 8.17. The summed E-state index contributed by atoms with van der Waals surface area (Å²) in [5.41, 5.74) is 0. The zero-order chi connectivity index (χ0) is 4.99. The predicted molar refractivity (Wildman–Crippen MR) is 19.1 cm³/mol. The fraction of sp³-hybridized carbons (Fsp3) is 0. The molecule has 0 aromatic heterocycles. The molecule has 0 unspecified atom stereocenters. The van der Waals surface area contributed by atoms with Crippen molar-refractivity contribution in [2.45, 2.75) is 0 Å². The van der Waals surface area contributed by atoms with Crippen molar-refractivity contribution in [3.05, 3.63) is 0 Å². The van der Waals surface area contributed by atoms with Crippen molar-refractivity contribution in [1.29, 1.82) is 0 Å². The van der Waals surface area contributed by atoms with Crippen LogP contribution in [0.4, 0.5) is 0 Å². The van der Waals surface area contributed by atoms with Crippen molar-refractivity contribution < 1.29 is 13.2 Å². The third-order valence-electron chi connectivity index (χ3n) is 0.137. The van der Waals surface area contributed by atoms with Gasteiger partial charge in [-0.2, -0.15) is 0 Å². The van der Waals surface area contributed by atoms with Crippen molar-refractivity contribution in [1.82, 2.24) is 4.72 Å². The minimum absolute atomic E-state index is 0.971. The molecule has 0 saturated carbocycles. The molecule has 0 saturated heterocycles. The highest BCUT2D eigenvalue weighted by molar-refractivity contribution is 7.70. The Bertz CT molecular complexity index is 97.4. The Hall–Kier alpha value is -0.580. The SMILES string of the molecule is O=[C]N[SH](=O)=O. The van der Waals surface area contributed by atoms with E-state index in [-0.39, 0.29) is 0 Å². The van der Waals surface area contributed by atoms with E-state index in [4.69, 9.17) is 4.79 Å². The second-order valence-corrected chi connectivity index (χ2v) is 1.21. The van der Waals surface area contributed by atoms with Crippen molar-refractivity contribution in [2.75, 3.05) is 0 Å². The lowest BCUT2D eigenvalue weighted by molar-refractivity contribution is 0.550. The summed E-state index contributed by atoms with van der Waals surface area (Å²) in [6.45, 7) is 0. The maximum atomic E-state index is 9.26. The van der Waals surface area contributed by atoms with E-state index in [1.807, 2.05) is 0 Å². The Morgan fingerprint density at radius 3 is 2.00 bits per heavy atom. The number of amides is 1. The van der Waals surface area contributed by atoms with Crippen molar-refractivity contribution >= 4 is 17.3 Å². The van der Waals surface area contributed by atoms with Gasteiger partial charge in [0.2, 0.25) is 10.9 Å². The molecule has 0 aromatic rings. The maximum Gasteiger partial charge on any atom is 0.323 e. The quantitative estimate of drug-likeness (QED) is 0.323. The predicted octanol–water partition coefficient (Wildman–Crippen LogP) is -1.83. The molecule has 0 fully saturated rings. The van der Waals surface area contributed by atoms with E-state index in [0.29, 0.717) is 0 Å². The molecule has 1 radical (unpaired) electrons. The van der Waals surface area contributed by atoms with Crippen LogP contribution >= 0.6 is 0 Å². The minimum atomic E-state index is -2.77. The summed E-state index contributed by atoms with van der Waals surface area (Å²) < 4.78 is 19.9. The number of thiol groups is 1. The first-order chi connectivity index (χ1) is 2.77. The molecule has 0 rings (SSSR count). The molecule has 1 amide bonds. The summed E-state index contributed by atoms with van der Waals surface area (Å²) >= 11 is 0. The number of rotatable bonds is 2. The van der Waals surface area contributed by atoms with Gasteiger partial charge < -0.3 is 0 Å². The Morgan fingerprint density at radius 1 is 1.50 bits per heavy atom. The van der Waals surface area contributed by atoms with Gasteiger partial charge in [-0.3, -0.25) is 4.79 Å². The van der Waals surface area contributed by atoms with Gasteiger partial charge in [-0.05, 0) is 0 Å². The molecule has 1 N–H and O–H groups in total. The molecule has 0 aliphatic rings. The average molecular weight is 108 g/mol. The Balaban J connectivity index is 3.32. The lowest BCUT2D eigenvalue weighted by atomic mass is 11.5. The lowest BCUT2D eigenvalue weighted by Gasteiger charge is -1.67. The zero-order valence-electron chi connectivity index (χ0n) is 2.67. The van der Waals surface area contributed by atoms with E-state index in [1.165, 1.54) is 4.72 Å². The molecule has 0 atom stereocenters. The highest BCUT2D eigenvalue weighted by Gasteiger charge is 1.70. The lowest BCUT2D eigenvalue weighted by Crippen LogP contribution is -2.05. The van der Waals surface area contributed by atoms with Gasteiger partial charge in [0.15, 0.2) is 0 Å². The number of carbonyl (C=O) groups excluding carboxylic acids is 1. The van der Waals surface area contributed by atoms with Gasteiger partial charge in [0.25, 0.3) is 0 Å². The monoisotopic (exact) mass is 108 g/mol. The molecule has 4 nitrogen and oxygen atoms in total. The van der Waals surface area contributed by atoms with E-state index in [1.54, 1.807) is 0 Å². The smallest absolute Gasteiger partial charge is 0.263 e. The van der Waals surface area contributed by atoms with E-state index in [2.05, 4.69) is 0 Å². The Morgan fingerprint density at radius 2 is 2.00 bits per heavy atom. The molecule has 0 bridgehead atoms. The largest absolute Gasteiger partial charge is 0.323 e. The molecule has 6 heavy (non-hydrogen) atoms. The van der Waals surface area contributed by atoms with Gasteiger partial charge in [0.1, 0.15) is 0 Å². The molecular weight excluding hydrogens is 106 g/mol. The average Bonchev–Trinajstić information content (AvgIpc) is 1.35. The van der Waals surface area contributed by atoms with Crippen LogP contribution in [0.5, 0.6) is 0 Å². The van der Waals surface area contributed by atoms with Gasteiger partial charge in [-0.25, -0.2) is 13.1 Å². The third-order valence-corrected chi connectivity index (χ3v) is 0.411. The number of nitrogens with one attached hydrogen (secondary N) is 1. The van der Waals surface area contributed by atoms with Crippen molar-refractivity contribution in [2.24, 2.45) is 0 Å². The number of hydrogen-bond donors (Lipinski definition) is 2. The van der Waals surface area contributed by atoms with Crippen LogP contribution in [-0.2, 0) is 15.7 Å². The fourth-order valence-corrected chi connectivity index (χ4v) is 0.112. The van der Waals surface area contributed by atoms with Gasteiger partial charge in [-0.1, -0.05) is 0 Å².